The number of carbonyl (C=O) groups is 1. The molecule has 0 aromatic heterocycles. The van der Waals surface area contributed by atoms with Gasteiger partial charge in [-0.15, -0.1) is 0 Å². The van der Waals surface area contributed by atoms with Gasteiger partial charge >= 0.3 is 0 Å². The second kappa shape index (κ2) is 3.62. The first-order chi connectivity index (χ1) is 7.08. The van der Waals surface area contributed by atoms with Crippen LogP contribution in [0.3, 0.4) is 0 Å². The Morgan fingerprint density at radius 3 is 2.67 bits per heavy atom. The second-order valence-corrected chi connectivity index (χ2v) is 4.16. The molecule has 2 N–H and O–H groups in total. The van der Waals surface area contributed by atoms with Gasteiger partial charge in [0.25, 0.3) is 5.91 Å². The Morgan fingerprint density at radius 1 is 1.33 bits per heavy atom. The number of thiocarbonyl (C=S) groups is 1. The second-order valence-electron chi connectivity index (χ2n) is 3.76. The van der Waals surface area contributed by atoms with Crippen molar-refractivity contribution in [1.82, 2.24) is 10.6 Å². The Bertz CT molecular complexity index is 442. The largest absolute Gasteiger partial charge is 0.347 e. The molecule has 4 heteroatoms. The van der Waals surface area contributed by atoms with Crippen molar-refractivity contribution >= 4 is 23.2 Å². The van der Waals surface area contributed by atoms with Crippen LogP contribution in [-0.4, -0.2) is 11.0 Å². The maximum Gasteiger partial charge on any atom is 0.253 e. The predicted octanol–water partition coefficient (Wildman–Crippen LogP) is 1.35. The van der Waals surface area contributed by atoms with E-state index in [2.05, 4.69) is 10.6 Å². The average molecular weight is 220 g/mol. The molecular formula is C11H12N2OS. The van der Waals surface area contributed by atoms with Crippen molar-refractivity contribution < 1.29 is 4.79 Å². The van der Waals surface area contributed by atoms with Gasteiger partial charge in [-0.25, -0.2) is 0 Å². The van der Waals surface area contributed by atoms with Crippen LogP contribution < -0.4 is 10.6 Å². The first kappa shape index (κ1) is 10.1. The highest BCUT2D eigenvalue weighted by Gasteiger charge is 2.29. The fourth-order valence-corrected chi connectivity index (χ4v) is 1.93. The van der Waals surface area contributed by atoms with Crippen LogP contribution in [0, 0.1) is 13.8 Å². The minimum atomic E-state index is -0.336. The van der Waals surface area contributed by atoms with Crippen molar-refractivity contribution in [2.24, 2.45) is 0 Å². The molecule has 0 spiro atoms. The van der Waals surface area contributed by atoms with E-state index in [9.17, 15) is 4.79 Å². The summed E-state index contributed by atoms with van der Waals surface area (Å²) in [5.41, 5.74) is 3.23. The van der Waals surface area contributed by atoms with Gasteiger partial charge in [-0.1, -0.05) is 23.8 Å². The lowest BCUT2D eigenvalue weighted by Crippen LogP contribution is -2.21. The van der Waals surface area contributed by atoms with Gasteiger partial charge in [0, 0.05) is 0 Å². The summed E-state index contributed by atoms with van der Waals surface area (Å²) in [4.78, 5) is 11.6. The molecule has 1 aliphatic rings. The number of nitrogens with one attached hydrogen (secondary N) is 2. The molecule has 0 bridgehead atoms. The summed E-state index contributed by atoms with van der Waals surface area (Å²) >= 11 is 4.91. The van der Waals surface area contributed by atoms with Gasteiger partial charge < -0.3 is 10.6 Å². The first-order valence-corrected chi connectivity index (χ1v) is 5.17. The van der Waals surface area contributed by atoms with Gasteiger partial charge in [0.2, 0.25) is 0 Å². The lowest BCUT2D eigenvalue weighted by molar-refractivity contribution is -0.120. The molecule has 1 unspecified atom stereocenters. The van der Waals surface area contributed by atoms with Gasteiger partial charge in [0.15, 0.2) is 5.11 Å². The molecular weight excluding hydrogens is 208 g/mol. The summed E-state index contributed by atoms with van der Waals surface area (Å²) in [5.74, 6) is -0.0753. The van der Waals surface area contributed by atoms with E-state index in [4.69, 9.17) is 12.2 Å². The zero-order valence-electron chi connectivity index (χ0n) is 8.63. The van der Waals surface area contributed by atoms with Crippen LogP contribution in [0.1, 0.15) is 22.7 Å². The zero-order valence-corrected chi connectivity index (χ0v) is 9.44. The topological polar surface area (TPSA) is 41.1 Å². The van der Waals surface area contributed by atoms with Gasteiger partial charge in [-0.2, -0.15) is 0 Å². The van der Waals surface area contributed by atoms with Gasteiger partial charge in [0.05, 0.1) is 0 Å². The number of hydrogen-bond donors (Lipinski definition) is 2. The van der Waals surface area contributed by atoms with Crippen LogP contribution in [0.2, 0.25) is 0 Å². The van der Waals surface area contributed by atoms with Crippen LogP contribution in [0.5, 0.6) is 0 Å². The van der Waals surface area contributed by atoms with Crippen molar-refractivity contribution in [1.29, 1.82) is 0 Å². The van der Waals surface area contributed by atoms with E-state index in [-0.39, 0.29) is 11.9 Å². The van der Waals surface area contributed by atoms with Gasteiger partial charge in [-0.3, -0.25) is 4.79 Å². The highest BCUT2D eigenvalue weighted by atomic mass is 32.1. The maximum absolute atomic E-state index is 11.6. The normalized spacial score (nSPS) is 20.0. The molecule has 1 fully saturated rings. The number of benzene rings is 1. The summed E-state index contributed by atoms with van der Waals surface area (Å²) in [6.45, 7) is 4.00. The Labute approximate surface area is 93.9 Å². The number of aryl methyl sites for hydroxylation is 2. The summed E-state index contributed by atoms with van der Waals surface area (Å²) in [6.07, 6.45) is 0. The summed E-state index contributed by atoms with van der Waals surface area (Å²) in [7, 11) is 0. The molecule has 1 aromatic rings. The smallest absolute Gasteiger partial charge is 0.253 e. The van der Waals surface area contributed by atoms with E-state index in [0.29, 0.717) is 5.11 Å². The van der Waals surface area contributed by atoms with E-state index in [1.54, 1.807) is 0 Å². The Kier molecular flexibility index (Phi) is 2.44. The van der Waals surface area contributed by atoms with E-state index >= 15 is 0 Å². The van der Waals surface area contributed by atoms with E-state index in [1.807, 2.05) is 32.0 Å². The molecule has 1 saturated heterocycles. The molecule has 0 radical (unpaired) electrons. The van der Waals surface area contributed by atoms with Crippen LogP contribution in [0.4, 0.5) is 0 Å². The summed E-state index contributed by atoms with van der Waals surface area (Å²) in [6, 6.07) is 5.73. The summed E-state index contributed by atoms with van der Waals surface area (Å²) in [5, 5.41) is 5.96. The number of hydrogen-bond acceptors (Lipinski definition) is 2. The third-order valence-corrected chi connectivity index (χ3v) is 2.74. The Hall–Kier alpha value is -1.42. The van der Waals surface area contributed by atoms with Gasteiger partial charge in [0.1, 0.15) is 6.04 Å². The molecule has 1 heterocycles. The van der Waals surface area contributed by atoms with Crippen molar-refractivity contribution in [3.63, 3.8) is 0 Å². The van der Waals surface area contributed by atoms with E-state index in [0.717, 1.165) is 16.7 Å². The van der Waals surface area contributed by atoms with Crippen molar-refractivity contribution in [2.45, 2.75) is 19.9 Å². The quantitative estimate of drug-likeness (QED) is 0.702. The molecule has 1 amide bonds. The SMILES string of the molecule is Cc1ccc(C)c(C2NC(=S)NC2=O)c1. The van der Waals surface area contributed by atoms with Crippen molar-refractivity contribution in [3.8, 4) is 0 Å². The van der Waals surface area contributed by atoms with E-state index < -0.39 is 0 Å². The monoisotopic (exact) mass is 220 g/mol. The number of amides is 1. The van der Waals surface area contributed by atoms with Crippen molar-refractivity contribution in [3.05, 3.63) is 34.9 Å². The molecule has 0 aliphatic carbocycles. The van der Waals surface area contributed by atoms with Crippen LogP contribution in [0.25, 0.3) is 0 Å². The average Bonchev–Trinajstić information content (AvgIpc) is 2.50. The highest BCUT2D eigenvalue weighted by molar-refractivity contribution is 7.80. The van der Waals surface area contributed by atoms with Gasteiger partial charge in [-0.05, 0) is 37.2 Å². The Balaban J connectivity index is 2.41. The molecule has 1 atom stereocenters. The zero-order chi connectivity index (χ0) is 11.0. The van der Waals surface area contributed by atoms with Crippen LogP contribution >= 0.6 is 12.2 Å². The molecule has 15 heavy (non-hydrogen) atoms. The minimum absolute atomic E-state index is 0.0753. The molecule has 1 aromatic carbocycles. The molecule has 78 valence electrons. The first-order valence-electron chi connectivity index (χ1n) is 4.76. The molecule has 3 nitrogen and oxygen atoms in total. The predicted molar refractivity (Wildman–Crippen MR) is 62.5 cm³/mol. The third kappa shape index (κ3) is 1.85. The number of carbonyl (C=O) groups excluding carboxylic acids is 1. The number of rotatable bonds is 1. The molecule has 2 rings (SSSR count). The lowest BCUT2D eigenvalue weighted by Gasteiger charge is -2.12. The minimum Gasteiger partial charge on any atom is -0.347 e. The molecule has 1 aliphatic heterocycles. The lowest BCUT2D eigenvalue weighted by atomic mass is 9.99. The van der Waals surface area contributed by atoms with Crippen molar-refractivity contribution in [2.75, 3.05) is 0 Å². The maximum atomic E-state index is 11.6. The standard InChI is InChI=1S/C11H12N2OS/c1-6-3-4-7(2)8(5-6)9-10(14)13-11(15)12-9/h3-5,9H,1-2H3,(H2,12,13,14,15). The fraction of sp³-hybridized carbons (Fsp3) is 0.273. The highest BCUT2D eigenvalue weighted by Crippen LogP contribution is 2.21. The van der Waals surface area contributed by atoms with E-state index in [1.165, 1.54) is 0 Å². The van der Waals surface area contributed by atoms with Crippen LogP contribution in [-0.2, 0) is 4.79 Å². The fourth-order valence-electron chi connectivity index (χ4n) is 1.71. The Morgan fingerprint density at radius 2 is 2.07 bits per heavy atom. The van der Waals surface area contributed by atoms with Crippen LogP contribution in [0.15, 0.2) is 18.2 Å². The molecule has 0 saturated carbocycles. The third-order valence-electron chi connectivity index (χ3n) is 2.52. The summed E-state index contributed by atoms with van der Waals surface area (Å²) < 4.78 is 0.